The first-order valence-corrected chi connectivity index (χ1v) is 11.4. The summed E-state index contributed by atoms with van der Waals surface area (Å²) in [4.78, 5) is 22.1. The number of hydrogen-bond acceptors (Lipinski definition) is 5. The first kappa shape index (κ1) is 20.8. The van der Waals surface area contributed by atoms with Crippen LogP contribution in [0.4, 0.5) is 4.39 Å². The molecule has 166 valence electrons. The minimum absolute atomic E-state index is 0.0437. The maximum Gasteiger partial charge on any atom is 0.258 e. The number of carbonyl (C=O) groups is 1. The highest BCUT2D eigenvalue weighted by molar-refractivity contribution is 5.95. The highest BCUT2D eigenvalue weighted by atomic mass is 19.1. The Morgan fingerprint density at radius 1 is 0.938 bits per heavy atom. The molecule has 3 aromatic rings. The summed E-state index contributed by atoms with van der Waals surface area (Å²) in [6.07, 6.45) is 6.01. The Labute approximate surface area is 187 Å². The van der Waals surface area contributed by atoms with Gasteiger partial charge < -0.3 is 14.3 Å². The van der Waals surface area contributed by atoms with Crippen molar-refractivity contribution in [2.75, 3.05) is 26.2 Å². The van der Waals surface area contributed by atoms with E-state index in [-0.39, 0.29) is 11.7 Å². The Hall–Kier alpha value is -3.06. The van der Waals surface area contributed by atoms with Gasteiger partial charge in [0.05, 0.1) is 0 Å². The summed E-state index contributed by atoms with van der Waals surface area (Å²) in [7, 11) is 0. The molecule has 0 aliphatic carbocycles. The van der Waals surface area contributed by atoms with Crippen LogP contribution in [0.15, 0.2) is 53.1 Å². The zero-order chi connectivity index (χ0) is 21.9. The van der Waals surface area contributed by atoms with E-state index in [1.165, 1.54) is 44.5 Å². The molecule has 32 heavy (non-hydrogen) atoms. The number of benzene rings is 2. The lowest BCUT2D eigenvalue weighted by Gasteiger charge is -2.40. The molecule has 2 aromatic carbocycles. The fourth-order valence-corrected chi connectivity index (χ4v) is 4.74. The Morgan fingerprint density at radius 3 is 2.44 bits per heavy atom. The van der Waals surface area contributed by atoms with E-state index in [4.69, 9.17) is 4.52 Å². The topological polar surface area (TPSA) is 62.5 Å². The second-order valence-electron chi connectivity index (χ2n) is 8.63. The molecule has 2 aliphatic heterocycles. The molecule has 7 heteroatoms. The number of rotatable bonds is 4. The molecule has 1 amide bonds. The molecule has 0 unspecified atom stereocenters. The Morgan fingerprint density at radius 2 is 1.69 bits per heavy atom. The van der Waals surface area contributed by atoms with Gasteiger partial charge in [0.15, 0.2) is 0 Å². The van der Waals surface area contributed by atoms with Gasteiger partial charge in [-0.2, -0.15) is 4.98 Å². The van der Waals surface area contributed by atoms with Crippen molar-refractivity contribution in [3.8, 4) is 22.8 Å². The molecule has 0 bridgehead atoms. The van der Waals surface area contributed by atoms with Crippen molar-refractivity contribution in [3.63, 3.8) is 0 Å². The number of carbonyl (C=O) groups excluding carboxylic acids is 1. The lowest BCUT2D eigenvalue weighted by Crippen LogP contribution is -2.48. The van der Waals surface area contributed by atoms with Gasteiger partial charge in [0.2, 0.25) is 5.82 Å². The van der Waals surface area contributed by atoms with Crippen LogP contribution in [0, 0.1) is 5.82 Å². The van der Waals surface area contributed by atoms with Gasteiger partial charge in [-0.3, -0.25) is 4.79 Å². The van der Waals surface area contributed by atoms with Gasteiger partial charge >= 0.3 is 0 Å². The normalized spacial score (nSPS) is 18.1. The van der Waals surface area contributed by atoms with Gasteiger partial charge in [0.1, 0.15) is 5.82 Å². The number of piperidine rings is 2. The summed E-state index contributed by atoms with van der Waals surface area (Å²) in [5.74, 6) is 0.449. The number of nitrogens with zero attached hydrogens (tertiary/aromatic N) is 4. The summed E-state index contributed by atoms with van der Waals surface area (Å²) in [6.45, 7) is 3.98. The van der Waals surface area contributed by atoms with Crippen LogP contribution >= 0.6 is 0 Å². The standard InChI is InChI=1S/C25H27FN4O2/c26-21-9-7-18(8-10-21)23-27-24(32-28-23)19-5-4-6-20(17-19)25(31)30-15-11-22(12-16-30)29-13-2-1-3-14-29/h4-10,17,22H,1-3,11-16H2. The highest BCUT2D eigenvalue weighted by Crippen LogP contribution is 2.25. The van der Waals surface area contributed by atoms with Crippen LogP contribution in [-0.4, -0.2) is 58.1 Å². The third kappa shape index (κ3) is 4.43. The number of hydrogen-bond donors (Lipinski definition) is 0. The average Bonchev–Trinajstić information content (AvgIpc) is 3.35. The predicted molar refractivity (Wildman–Crippen MR) is 119 cm³/mol. The van der Waals surface area contributed by atoms with Gasteiger partial charge in [0.25, 0.3) is 11.8 Å². The third-order valence-corrected chi connectivity index (χ3v) is 6.54. The minimum atomic E-state index is -0.316. The second kappa shape index (κ2) is 9.20. The van der Waals surface area contributed by atoms with Gasteiger partial charge in [-0.25, -0.2) is 4.39 Å². The van der Waals surface area contributed by atoms with Crippen molar-refractivity contribution in [3.05, 3.63) is 59.9 Å². The van der Waals surface area contributed by atoms with Crippen molar-refractivity contribution in [1.29, 1.82) is 0 Å². The monoisotopic (exact) mass is 434 g/mol. The van der Waals surface area contributed by atoms with Gasteiger partial charge in [0, 0.05) is 35.8 Å². The van der Waals surface area contributed by atoms with E-state index in [1.807, 2.05) is 23.1 Å². The van der Waals surface area contributed by atoms with Crippen LogP contribution < -0.4 is 0 Å². The molecule has 3 heterocycles. The smallest absolute Gasteiger partial charge is 0.258 e. The highest BCUT2D eigenvalue weighted by Gasteiger charge is 2.28. The van der Waals surface area contributed by atoms with Crippen LogP contribution in [0.5, 0.6) is 0 Å². The van der Waals surface area contributed by atoms with Crippen molar-refractivity contribution in [1.82, 2.24) is 19.9 Å². The predicted octanol–water partition coefficient (Wildman–Crippen LogP) is 4.63. The van der Waals surface area contributed by atoms with E-state index in [9.17, 15) is 9.18 Å². The molecule has 6 nitrogen and oxygen atoms in total. The summed E-state index contributed by atoms with van der Waals surface area (Å²) in [6, 6.07) is 13.9. The van der Waals surface area contributed by atoms with Crippen LogP contribution in [0.2, 0.25) is 0 Å². The average molecular weight is 435 g/mol. The maximum atomic E-state index is 13.2. The second-order valence-corrected chi connectivity index (χ2v) is 8.63. The fraction of sp³-hybridized carbons (Fsp3) is 0.400. The van der Waals surface area contributed by atoms with Crippen LogP contribution in [0.3, 0.4) is 0 Å². The summed E-state index contributed by atoms with van der Waals surface area (Å²) in [5.41, 5.74) is 1.99. The van der Waals surface area contributed by atoms with E-state index >= 15 is 0 Å². The zero-order valence-corrected chi connectivity index (χ0v) is 18.0. The molecule has 5 rings (SSSR count). The Kier molecular flexibility index (Phi) is 5.99. The lowest BCUT2D eigenvalue weighted by atomic mass is 9.99. The molecule has 0 spiro atoms. The molecule has 2 aliphatic rings. The summed E-state index contributed by atoms with van der Waals surface area (Å²) >= 11 is 0. The lowest BCUT2D eigenvalue weighted by molar-refractivity contribution is 0.0590. The van der Waals surface area contributed by atoms with E-state index < -0.39 is 0 Å². The molecule has 0 atom stereocenters. The van der Waals surface area contributed by atoms with E-state index in [0.29, 0.717) is 34.4 Å². The van der Waals surface area contributed by atoms with Crippen LogP contribution in [0.1, 0.15) is 42.5 Å². The van der Waals surface area contributed by atoms with Gasteiger partial charge in [-0.1, -0.05) is 17.6 Å². The van der Waals surface area contributed by atoms with Crippen molar-refractivity contribution in [2.24, 2.45) is 0 Å². The van der Waals surface area contributed by atoms with Crippen molar-refractivity contribution >= 4 is 5.91 Å². The number of likely N-dealkylation sites (tertiary alicyclic amines) is 2. The molecule has 0 N–H and O–H groups in total. The SMILES string of the molecule is O=C(c1cccc(-c2nc(-c3ccc(F)cc3)no2)c1)N1CCC(N2CCCCC2)CC1. The molecular weight excluding hydrogens is 407 g/mol. The Bertz CT molecular complexity index is 1070. The quantitative estimate of drug-likeness (QED) is 0.599. The van der Waals surface area contributed by atoms with Gasteiger partial charge in [-0.05, 0) is 81.2 Å². The zero-order valence-electron chi connectivity index (χ0n) is 18.0. The minimum Gasteiger partial charge on any atom is -0.339 e. The van der Waals surface area contributed by atoms with Gasteiger partial charge in [-0.15, -0.1) is 0 Å². The van der Waals surface area contributed by atoms with E-state index in [1.54, 1.807) is 18.2 Å². The van der Waals surface area contributed by atoms with Crippen LogP contribution in [-0.2, 0) is 0 Å². The summed E-state index contributed by atoms with van der Waals surface area (Å²) < 4.78 is 18.6. The van der Waals surface area contributed by atoms with Crippen molar-refractivity contribution < 1.29 is 13.7 Å². The Balaban J connectivity index is 1.26. The summed E-state index contributed by atoms with van der Waals surface area (Å²) in [5, 5.41) is 4.00. The fourth-order valence-electron chi connectivity index (χ4n) is 4.74. The molecule has 1 aromatic heterocycles. The molecular formula is C25H27FN4O2. The molecule has 2 saturated heterocycles. The van der Waals surface area contributed by atoms with Crippen molar-refractivity contribution in [2.45, 2.75) is 38.1 Å². The van der Waals surface area contributed by atoms with E-state index in [0.717, 1.165) is 25.9 Å². The number of aromatic nitrogens is 2. The molecule has 0 saturated carbocycles. The maximum absolute atomic E-state index is 13.2. The first-order valence-electron chi connectivity index (χ1n) is 11.4. The molecule has 0 radical (unpaired) electrons. The molecule has 2 fully saturated rings. The number of amides is 1. The van der Waals surface area contributed by atoms with E-state index in [2.05, 4.69) is 15.0 Å². The largest absolute Gasteiger partial charge is 0.339 e. The third-order valence-electron chi connectivity index (χ3n) is 6.54. The first-order chi connectivity index (χ1) is 15.7. The van der Waals surface area contributed by atoms with Crippen LogP contribution in [0.25, 0.3) is 22.8 Å². The number of halogens is 1.